The van der Waals surface area contributed by atoms with Gasteiger partial charge in [-0.2, -0.15) is 0 Å². The van der Waals surface area contributed by atoms with Crippen LogP contribution in [0.2, 0.25) is 0 Å². The van der Waals surface area contributed by atoms with Crippen LogP contribution in [0.5, 0.6) is 0 Å². The van der Waals surface area contributed by atoms with Crippen molar-refractivity contribution >= 4 is 17.5 Å². The van der Waals surface area contributed by atoms with Gasteiger partial charge in [0.15, 0.2) is 11.6 Å². The van der Waals surface area contributed by atoms with Crippen LogP contribution in [0, 0.1) is 56.8 Å². The number of hydrogen-bond acceptors (Lipinski definition) is 4. The summed E-state index contributed by atoms with van der Waals surface area (Å²) < 4.78 is 1.77. The second-order valence-electron chi connectivity index (χ2n) is 17.2. The molecule has 240 valence electrons. The Morgan fingerprint density at radius 1 is 0.957 bits per heavy atom. The maximum absolute atomic E-state index is 15.0. The summed E-state index contributed by atoms with van der Waals surface area (Å²) in [7, 11) is 0. The molecule has 1 heterocycles. The molecule has 6 heteroatoms. The van der Waals surface area contributed by atoms with Crippen LogP contribution in [0.15, 0.2) is 66.3 Å². The summed E-state index contributed by atoms with van der Waals surface area (Å²) >= 11 is 0. The molecule has 7 unspecified atom stereocenters. The molecule has 1 aromatic carbocycles. The lowest BCUT2D eigenvalue weighted by molar-refractivity contribution is -0.164. The third-order valence-corrected chi connectivity index (χ3v) is 14.2. The topological polar surface area (TPSA) is 73.4 Å². The molecular formula is C40H47N3O3. The monoisotopic (exact) mass is 617 g/mol. The van der Waals surface area contributed by atoms with Crippen molar-refractivity contribution in [3.8, 4) is 11.3 Å². The standard InChI is InChI=1S/C40H47N3O3/c1-35(2)16-18-40(34(46)43-24-42-23-28(43)25-12-10-9-11-13-25)19-17-39(7)32(26(40)21-35)29(44)20-31-37(5)22-27(41-8)33(45)36(3,4)30(37)14-15-38(31,39)6/h9-13,20,22-24,26,30,32H,14-19,21H2,1-7H3. The zero-order valence-corrected chi connectivity index (χ0v) is 28.4. The lowest BCUT2D eigenvalue weighted by Gasteiger charge is -2.69. The molecule has 3 fully saturated rings. The van der Waals surface area contributed by atoms with Crippen molar-refractivity contribution in [2.75, 3.05) is 0 Å². The number of aromatic nitrogens is 2. The van der Waals surface area contributed by atoms with Crippen LogP contribution in [-0.2, 0) is 9.59 Å². The van der Waals surface area contributed by atoms with Crippen LogP contribution in [0.1, 0.15) is 98.2 Å². The first kappa shape index (κ1) is 31.0. The molecule has 2 aromatic rings. The molecule has 0 spiro atoms. The Morgan fingerprint density at radius 3 is 2.35 bits per heavy atom. The van der Waals surface area contributed by atoms with E-state index in [9.17, 15) is 9.59 Å². The van der Waals surface area contributed by atoms with Crippen molar-refractivity contribution in [3.63, 3.8) is 0 Å². The first-order chi connectivity index (χ1) is 21.6. The summed E-state index contributed by atoms with van der Waals surface area (Å²) in [5.41, 5.74) is 0.486. The van der Waals surface area contributed by atoms with Gasteiger partial charge in [0, 0.05) is 22.3 Å². The van der Waals surface area contributed by atoms with E-state index in [-0.39, 0.29) is 57.2 Å². The largest absolute Gasteiger partial charge is 0.307 e. The molecule has 1 aromatic heterocycles. The third kappa shape index (κ3) is 3.87. The van der Waals surface area contributed by atoms with Gasteiger partial charge in [0.25, 0.3) is 0 Å². The molecule has 5 aliphatic carbocycles. The Balaban J connectivity index is 1.37. The Hall–Kier alpha value is -3.59. The highest BCUT2D eigenvalue weighted by atomic mass is 16.2. The van der Waals surface area contributed by atoms with Gasteiger partial charge in [0.05, 0.1) is 23.9 Å². The van der Waals surface area contributed by atoms with Gasteiger partial charge in [0.2, 0.25) is 11.6 Å². The number of Topliss-reactive ketones (excluding diaryl/α,β-unsaturated/α-hetero) is 1. The van der Waals surface area contributed by atoms with Crippen LogP contribution < -0.4 is 0 Å². The maximum Gasteiger partial charge on any atom is 0.238 e. The highest BCUT2D eigenvalue weighted by Crippen LogP contribution is 2.74. The Morgan fingerprint density at radius 2 is 1.65 bits per heavy atom. The van der Waals surface area contributed by atoms with Gasteiger partial charge in [-0.05, 0) is 79.1 Å². The predicted octanol–water partition coefficient (Wildman–Crippen LogP) is 8.76. The van der Waals surface area contributed by atoms with Crippen molar-refractivity contribution < 1.29 is 14.4 Å². The quantitative estimate of drug-likeness (QED) is 0.316. The van der Waals surface area contributed by atoms with E-state index >= 15 is 4.79 Å². The molecular weight excluding hydrogens is 570 g/mol. The highest BCUT2D eigenvalue weighted by molar-refractivity contribution is 6.03. The molecule has 0 N–H and O–H groups in total. The zero-order chi connectivity index (χ0) is 33.1. The van der Waals surface area contributed by atoms with Crippen LogP contribution in [0.4, 0.5) is 0 Å². The molecule has 5 aliphatic rings. The first-order valence-electron chi connectivity index (χ1n) is 17.1. The summed E-state index contributed by atoms with van der Waals surface area (Å²) in [5, 5.41) is 0. The fraction of sp³-hybridized carbons (Fsp3) is 0.575. The number of hydrogen-bond donors (Lipinski definition) is 0. The summed E-state index contributed by atoms with van der Waals surface area (Å²) in [6, 6.07) is 9.96. The minimum Gasteiger partial charge on any atom is -0.307 e. The van der Waals surface area contributed by atoms with Gasteiger partial charge < -0.3 is 4.79 Å². The predicted molar refractivity (Wildman–Crippen MR) is 178 cm³/mol. The van der Waals surface area contributed by atoms with Crippen LogP contribution >= 0.6 is 0 Å². The molecule has 0 saturated heterocycles. The summed E-state index contributed by atoms with van der Waals surface area (Å²) in [4.78, 5) is 51.4. The van der Waals surface area contributed by atoms with Gasteiger partial charge in [-0.25, -0.2) is 9.83 Å². The summed E-state index contributed by atoms with van der Waals surface area (Å²) in [6.45, 7) is 23.2. The van der Waals surface area contributed by atoms with Crippen molar-refractivity contribution in [3.05, 3.63) is 77.7 Å². The molecule has 3 saturated carbocycles. The van der Waals surface area contributed by atoms with Gasteiger partial charge in [0.1, 0.15) is 6.33 Å². The molecule has 0 aliphatic heterocycles. The zero-order valence-electron chi connectivity index (χ0n) is 28.4. The van der Waals surface area contributed by atoms with Crippen LogP contribution in [-0.4, -0.2) is 27.0 Å². The van der Waals surface area contributed by atoms with Crippen molar-refractivity contribution in [1.82, 2.24) is 9.55 Å². The molecule has 0 amide bonds. The molecule has 6 nitrogen and oxygen atoms in total. The van der Waals surface area contributed by atoms with Gasteiger partial charge in [-0.15, -0.1) is 0 Å². The number of fused-ring (bicyclic) bond motifs is 7. The Kier molecular flexibility index (Phi) is 6.56. The number of ketones is 2. The SMILES string of the molecule is [C-]#[N+]C1=CC2(C)C3=CC(=O)C4C5CC(C)(C)CCC5(C(=O)n5cncc5-c5ccccc5)CCC4(C)C3(C)CCC2C(C)(C)C1=O. The molecule has 0 bridgehead atoms. The van der Waals surface area contributed by atoms with Gasteiger partial charge >= 0.3 is 0 Å². The van der Waals surface area contributed by atoms with E-state index < -0.39 is 16.2 Å². The number of carbonyl (C=O) groups excluding carboxylic acids is 3. The molecule has 46 heavy (non-hydrogen) atoms. The van der Waals surface area contributed by atoms with Crippen molar-refractivity contribution in [2.45, 2.75) is 93.4 Å². The van der Waals surface area contributed by atoms with E-state index in [1.807, 2.05) is 56.3 Å². The highest BCUT2D eigenvalue weighted by Gasteiger charge is 2.71. The number of allylic oxidation sites excluding steroid dienone is 4. The fourth-order valence-corrected chi connectivity index (χ4v) is 11.5. The molecule has 7 rings (SSSR count). The van der Waals surface area contributed by atoms with E-state index in [1.165, 1.54) is 0 Å². The van der Waals surface area contributed by atoms with E-state index in [2.05, 4.69) is 44.4 Å². The van der Waals surface area contributed by atoms with E-state index in [0.29, 0.717) is 0 Å². The Bertz CT molecular complexity index is 1770. The molecule has 0 radical (unpaired) electrons. The Labute approximate surface area is 273 Å². The fourth-order valence-electron chi connectivity index (χ4n) is 11.5. The van der Waals surface area contributed by atoms with Gasteiger partial charge in [-0.1, -0.05) is 90.4 Å². The van der Waals surface area contributed by atoms with Crippen molar-refractivity contribution in [2.24, 2.45) is 50.2 Å². The summed E-state index contributed by atoms with van der Waals surface area (Å²) in [5.74, 6) is -0.254. The maximum atomic E-state index is 15.0. The van der Waals surface area contributed by atoms with Crippen molar-refractivity contribution in [1.29, 1.82) is 0 Å². The third-order valence-electron chi connectivity index (χ3n) is 14.2. The van der Waals surface area contributed by atoms with Crippen LogP contribution in [0.3, 0.4) is 0 Å². The number of nitrogens with zero attached hydrogens (tertiary/aromatic N) is 3. The number of benzene rings is 1. The minimum atomic E-state index is -0.685. The number of imidazole rings is 1. The average Bonchev–Trinajstić information content (AvgIpc) is 3.50. The number of carbonyl (C=O) groups is 3. The second kappa shape index (κ2) is 9.72. The van der Waals surface area contributed by atoms with E-state index in [4.69, 9.17) is 6.57 Å². The minimum absolute atomic E-state index is 0.0136. The summed E-state index contributed by atoms with van der Waals surface area (Å²) in [6.07, 6.45) is 13.0. The smallest absolute Gasteiger partial charge is 0.238 e. The van der Waals surface area contributed by atoms with E-state index in [1.54, 1.807) is 17.1 Å². The van der Waals surface area contributed by atoms with Crippen LogP contribution in [0.25, 0.3) is 16.1 Å². The average molecular weight is 618 g/mol. The normalized spacial score (nSPS) is 39.0. The van der Waals surface area contributed by atoms with Gasteiger partial charge in [-0.3, -0.25) is 14.2 Å². The molecule has 7 atom stereocenters. The lowest BCUT2D eigenvalue weighted by Crippen LogP contribution is -2.66. The lowest BCUT2D eigenvalue weighted by atomic mass is 9.34. The number of rotatable bonds is 2. The van der Waals surface area contributed by atoms with E-state index in [0.717, 1.165) is 61.8 Å². The first-order valence-corrected chi connectivity index (χ1v) is 17.1. The second-order valence-corrected chi connectivity index (χ2v) is 17.2.